The molecule has 0 saturated carbocycles. The Morgan fingerprint density at radius 2 is 1.91 bits per heavy atom. The Hall–Kier alpha value is -1.36. The molecule has 23 heavy (non-hydrogen) atoms. The lowest BCUT2D eigenvalue weighted by Crippen LogP contribution is -2.16. The molecule has 0 amide bonds. The van der Waals surface area contributed by atoms with Crippen molar-refractivity contribution in [3.05, 3.63) is 63.6 Å². The summed E-state index contributed by atoms with van der Waals surface area (Å²) in [4.78, 5) is 0. The lowest BCUT2D eigenvalue weighted by Gasteiger charge is -2.14. The van der Waals surface area contributed by atoms with Crippen LogP contribution in [0.15, 0.2) is 46.9 Å². The molecule has 2 aromatic carbocycles. The third kappa shape index (κ3) is 5.98. The van der Waals surface area contributed by atoms with Crippen molar-refractivity contribution in [1.29, 1.82) is 0 Å². The Balaban J connectivity index is 1.96. The molecule has 0 radical (unpaired) electrons. The molecule has 124 valence electrons. The first kappa shape index (κ1) is 18.0. The fourth-order valence-corrected chi connectivity index (χ4v) is 2.73. The summed E-state index contributed by atoms with van der Waals surface area (Å²) in [5.74, 6) is 0.927. The standard InChI is InChI=1S/C19H24BrNO2/c1-15-6-3-4-7-16(15)14-23-19-9-8-18(20)12-17(19)13-21-10-5-11-22-2/h3-4,6-9,12,21H,5,10-11,13-14H2,1-2H3. The van der Waals surface area contributed by atoms with E-state index in [9.17, 15) is 0 Å². The minimum Gasteiger partial charge on any atom is -0.489 e. The van der Waals surface area contributed by atoms with Crippen molar-refractivity contribution in [3.63, 3.8) is 0 Å². The third-order valence-corrected chi connectivity index (χ3v) is 4.18. The monoisotopic (exact) mass is 377 g/mol. The van der Waals surface area contributed by atoms with E-state index in [1.807, 2.05) is 24.3 Å². The average Bonchev–Trinajstić information content (AvgIpc) is 2.55. The Morgan fingerprint density at radius 1 is 1.09 bits per heavy atom. The van der Waals surface area contributed by atoms with Gasteiger partial charge in [-0.3, -0.25) is 0 Å². The molecular weight excluding hydrogens is 354 g/mol. The number of ether oxygens (including phenoxy) is 2. The second kappa shape index (κ2) is 9.71. The van der Waals surface area contributed by atoms with Gasteiger partial charge in [-0.05, 0) is 49.2 Å². The molecule has 0 fully saturated rings. The van der Waals surface area contributed by atoms with Crippen LogP contribution in [0.1, 0.15) is 23.1 Å². The molecule has 0 heterocycles. The Labute approximate surface area is 147 Å². The second-order valence-corrected chi connectivity index (χ2v) is 6.41. The summed E-state index contributed by atoms with van der Waals surface area (Å²) >= 11 is 3.53. The van der Waals surface area contributed by atoms with Crippen LogP contribution in [0.25, 0.3) is 0 Å². The van der Waals surface area contributed by atoms with Gasteiger partial charge in [-0.2, -0.15) is 0 Å². The van der Waals surface area contributed by atoms with Gasteiger partial charge in [0.05, 0.1) is 0 Å². The van der Waals surface area contributed by atoms with Crippen LogP contribution in [0.2, 0.25) is 0 Å². The summed E-state index contributed by atoms with van der Waals surface area (Å²) in [6, 6.07) is 14.5. The fourth-order valence-electron chi connectivity index (χ4n) is 2.32. The van der Waals surface area contributed by atoms with Crippen molar-refractivity contribution in [1.82, 2.24) is 5.32 Å². The summed E-state index contributed by atoms with van der Waals surface area (Å²) in [6.07, 6.45) is 1.00. The molecule has 0 bridgehead atoms. The van der Waals surface area contributed by atoms with Gasteiger partial charge in [-0.25, -0.2) is 0 Å². The summed E-state index contributed by atoms with van der Waals surface area (Å²) in [5.41, 5.74) is 3.63. The molecule has 0 aliphatic carbocycles. The van der Waals surface area contributed by atoms with Gasteiger partial charge in [0.2, 0.25) is 0 Å². The summed E-state index contributed by atoms with van der Waals surface area (Å²) < 4.78 is 12.2. The van der Waals surface area contributed by atoms with Crippen LogP contribution < -0.4 is 10.1 Å². The predicted molar refractivity (Wildman–Crippen MR) is 97.9 cm³/mol. The Kier molecular flexibility index (Phi) is 7.59. The predicted octanol–water partition coefficient (Wildman–Crippen LogP) is 4.46. The maximum absolute atomic E-state index is 6.05. The molecule has 4 heteroatoms. The van der Waals surface area contributed by atoms with Crippen LogP contribution in [-0.2, 0) is 17.9 Å². The molecule has 0 spiro atoms. The highest BCUT2D eigenvalue weighted by molar-refractivity contribution is 9.10. The zero-order valence-corrected chi connectivity index (χ0v) is 15.4. The zero-order valence-electron chi connectivity index (χ0n) is 13.8. The number of methoxy groups -OCH3 is 1. The van der Waals surface area contributed by atoms with E-state index in [-0.39, 0.29) is 0 Å². The van der Waals surface area contributed by atoms with Crippen LogP contribution in [0, 0.1) is 6.92 Å². The molecule has 2 rings (SSSR count). The van der Waals surface area contributed by atoms with Crippen LogP contribution in [0.3, 0.4) is 0 Å². The number of rotatable bonds is 9. The highest BCUT2D eigenvalue weighted by Crippen LogP contribution is 2.24. The first-order valence-corrected chi connectivity index (χ1v) is 8.65. The fraction of sp³-hybridized carbons (Fsp3) is 0.368. The van der Waals surface area contributed by atoms with Gasteiger partial charge in [0, 0.05) is 30.3 Å². The summed E-state index contributed by atoms with van der Waals surface area (Å²) in [7, 11) is 1.73. The smallest absolute Gasteiger partial charge is 0.124 e. The highest BCUT2D eigenvalue weighted by atomic mass is 79.9. The molecule has 0 saturated heterocycles. The van der Waals surface area contributed by atoms with Gasteiger partial charge in [0.15, 0.2) is 0 Å². The number of halogens is 1. The topological polar surface area (TPSA) is 30.5 Å². The molecule has 1 N–H and O–H groups in total. The molecule has 0 atom stereocenters. The molecule has 2 aromatic rings. The summed E-state index contributed by atoms with van der Waals surface area (Å²) in [5, 5.41) is 3.43. The summed E-state index contributed by atoms with van der Waals surface area (Å²) in [6.45, 7) is 5.19. The normalized spacial score (nSPS) is 10.7. The van der Waals surface area contributed by atoms with Gasteiger partial charge in [-0.1, -0.05) is 40.2 Å². The third-order valence-electron chi connectivity index (χ3n) is 3.68. The van der Waals surface area contributed by atoms with Crippen molar-refractivity contribution in [2.45, 2.75) is 26.5 Å². The van der Waals surface area contributed by atoms with Crippen LogP contribution in [0.5, 0.6) is 5.75 Å². The molecule has 0 aliphatic rings. The number of hydrogen-bond acceptors (Lipinski definition) is 3. The van der Waals surface area contributed by atoms with Crippen LogP contribution in [0.4, 0.5) is 0 Å². The average molecular weight is 378 g/mol. The van der Waals surface area contributed by atoms with Crippen molar-refractivity contribution in [3.8, 4) is 5.75 Å². The number of nitrogens with one attached hydrogen (secondary N) is 1. The van der Waals surface area contributed by atoms with Crippen molar-refractivity contribution in [2.24, 2.45) is 0 Å². The van der Waals surface area contributed by atoms with Gasteiger partial charge in [0.1, 0.15) is 12.4 Å². The lowest BCUT2D eigenvalue weighted by atomic mass is 10.1. The molecule has 0 unspecified atom stereocenters. The van der Waals surface area contributed by atoms with E-state index < -0.39 is 0 Å². The lowest BCUT2D eigenvalue weighted by molar-refractivity contribution is 0.194. The van der Waals surface area contributed by atoms with Crippen molar-refractivity contribution in [2.75, 3.05) is 20.3 Å². The molecule has 0 aromatic heterocycles. The first-order chi connectivity index (χ1) is 11.2. The van der Waals surface area contributed by atoms with Gasteiger partial charge < -0.3 is 14.8 Å². The van der Waals surface area contributed by atoms with E-state index in [1.165, 1.54) is 11.1 Å². The van der Waals surface area contributed by atoms with E-state index >= 15 is 0 Å². The quantitative estimate of drug-likeness (QED) is 0.654. The van der Waals surface area contributed by atoms with E-state index in [1.54, 1.807) is 7.11 Å². The van der Waals surface area contributed by atoms with Crippen LogP contribution >= 0.6 is 15.9 Å². The molecule has 3 nitrogen and oxygen atoms in total. The number of aryl methyl sites for hydroxylation is 1. The van der Waals surface area contributed by atoms with E-state index in [4.69, 9.17) is 9.47 Å². The Bertz CT molecular complexity index is 616. The molecular formula is C19H24BrNO2. The van der Waals surface area contributed by atoms with Gasteiger partial charge >= 0.3 is 0 Å². The van der Waals surface area contributed by atoms with Crippen molar-refractivity contribution >= 4 is 15.9 Å². The first-order valence-electron chi connectivity index (χ1n) is 7.86. The minimum absolute atomic E-state index is 0.588. The van der Waals surface area contributed by atoms with Crippen molar-refractivity contribution < 1.29 is 9.47 Å². The molecule has 0 aliphatic heterocycles. The maximum atomic E-state index is 6.05. The van der Waals surface area contributed by atoms with Gasteiger partial charge in [0.25, 0.3) is 0 Å². The largest absolute Gasteiger partial charge is 0.489 e. The van der Waals surface area contributed by atoms with E-state index in [0.717, 1.165) is 41.9 Å². The SMILES string of the molecule is COCCCNCc1cc(Br)ccc1OCc1ccccc1C. The minimum atomic E-state index is 0.588. The second-order valence-electron chi connectivity index (χ2n) is 5.49. The van der Waals surface area contributed by atoms with E-state index in [0.29, 0.717) is 6.61 Å². The zero-order chi connectivity index (χ0) is 16.5. The van der Waals surface area contributed by atoms with E-state index in [2.05, 4.69) is 46.4 Å². The Morgan fingerprint density at radius 3 is 2.70 bits per heavy atom. The van der Waals surface area contributed by atoms with Gasteiger partial charge in [-0.15, -0.1) is 0 Å². The van der Waals surface area contributed by atoms with Crippen LogP contribution in [-0.4, -0.2) is 20.3 Å². The maximum Gasteiger partial charge on any atom is 0.124 e. The number of benzene rings is 2. The number of hydrogen-bond donors (Lipinski definition) is 1. The highest BCUT2D eigenvalue weighted by Gasteiger charge is 2.06.